The Bertz CT molecular complexity index is 863. The summed E-state index contributed by atoms with van der Waals surface area (Å²) in [7, 11) is 0. The SMILES string of the molecule is CC(=O)c1ccc(N/C=C(/C#N)C(=O)N(Cc2ccccc2)C(C)C)cc1. The van der Waals surface area contributed by atoms with Crippen LogP contribution < -0.4 is 5.32 Å². The number of rotatable bonds is 7. The summed E-state index contributed by atoms with van der Waals surface area (Å²) in [6.45, 7) is 5.78. The van der Waals surface area contributed by atoms with Gasteiger partial charge in [0.05, 0.1) is 0 Å². The fourth-order valence-corrected chi connectivity index (χ4v) is 2.52. The minimum Gasteiger partial charge on any atom is -0.360 e. The van der Waals surface area contributed by atoms with Gasteiger partial charge >= 0.3 is 0 Å². The van der Waals surface area contributed by atoms with Crippen LogP contribution in [0.1, 0.15) is 36.7 Å². The highest BCUT2D eigenvalue weighted by Crippen LogP contribution is 2.14. The van der Waals surface area contributed by atoms with Crippen LogP contribution in [-0.4, -0.2) is 22.6 Å². The van der Waals surface area contributed by atoms with Crippen LogP contribution in [-0.2, 0) is 11.3 Å². The van der Waals surface area contributed by atoms with Gasteiger partial charge in [-0.1, -0.05) is 30.3 Å². The number of hydrogen-bond donors (Lipinski definition) is 1. The molecule has 0 spiro atoms. The number of Topliss-reactive ketones (excluding diaryl/α,β-unsaturated/α-hetero) is 1. The van der Waals surface area contributed by atoms with E-state index < -0.39 is 0 Å². The highest BCUT2D eigenvalue weighted by atomic mass is 16.2. The summed E-state index contributed by atoms with van der Waals surface area (Å²) in [4.78, 5) is 25.8. The van der Waals surface area contributed by atoms with Crippen molar-refractivity contribution in [2.45, 2.75) is 33.4 Å². The Labute approximate surface area is 159 Å². The summed E-state index contributed by atoms with van der Waals surface area (Å²) in [6, 6.07) is 18.5. The van der Waals surface area contributed by atoms with E-state index in [-0.39, 0.29) is 23.3 Å². The first-order chi connectivity index (χ1) is 12.9. The molecule has 1 amide bonds. The number of benzene rings is 2. The average Bonchev–Trinajstić information content (AvgIpc) is 2.67. The molecule has 0 atom stereocenters. The van der Waals surface area contributed by atoms with Crippen molar-refractivity contribution in [2.75, 3.05) is 5.32 Å². The van der Waals surface area contributed by atoms with Crippen LogP contribution >= 0.6 is 0 Å². The third-order valence-corrected chi connectivity index (χ3v) is 4.11. The largest absolute Gasteiger partial charge is 0.360 e. The fourth-order valence-electron chi connectivity index (χ4n) is 2.52. The lowest BCUT2D eigenvalue weighted by molar-refractivity contribution is -0.129. The molecule has 0 aliphatic rings. The van der Waals surface area contributed by atoms with Crippen LogP contribution in [0.15, 0.2) is 66.4 Å². The van der Waals surface area contributed by atoms with Crippen molar-refractivity contribution in [3.05, 3.63) is 77.5 Å². The highest BCUT2D eigenvalue weighted by Gasteiger charge is 2.21. The van der Waals surface area contributed by atoms with E-state index in [4.69, 9.17) is 0 Å². The Hall–Kier alpha value is -3.39. The second-order valence-corrected chi connectivity index (χ2v) is 6.46. The lowest BCUT2D eigenvalue weighted by Crippen LogP contribution is -2.37. The van der Waals surface area contributed by atoms with Gasteiger partial charge in [-0.25, -0.2) is 0 Å². The number of carbonyl (C=O) groups is 2. The van der Waals surface area contributed by atoms with Gasteiger partial charge in [-0.05, 0) is 50.6 Å². The first-order valence-electron chi connectivity index (χ1n) is 8.75. The van der Waals surface area contributed by atoms with Crippen LogP contribution in [0.5, 0.6) is 0 Å². The summed E-state index contributed by atoms with van der Waals surface area (Å²) in [5.41, 5.74) is 2.33. The number of nitriles is 1. The van der Waals surface area contributed by atoms with Crippen molar-refractivity contribution in [1.82, 2.24) is 4.90 Å². The molecule has 0 heterocycles. The molecule has 0 saturated carbocycles. The first kappa shape index (κ1) is 19.9. The molecule has 138 valence electrons. The molecule has 2 aromatic carbocycles. The van der Waals surface area contributed by atoms with Crippen molar-refractivity contribution in [3.63, 3.8) is 0 Å². The number of carbonyl (C=O) groups excluding carboxylic acids is 2. The second kappa shape index (κ2) is 9.35. The topological polar surface area (TPSA) is 73.2 Å². The quantitative estimate of drug-likeness (QED) is 0.457. The highest BCUT2D eigenvalue weighted by molar-refractivity contribution is 5.98. The lowest BCUT2D eigenvalue weighted by Gasteiger charge is -2.26. The summed E-state index contributed by atoms with van der Waals surface area (Å²) in [5.74, 6) is -0.345. The van der Waals surface area contributed by atoms with E-state index in [1.165, 1.54) is 13.1 Å². The third kappa shape index (κ3) is 5.55. The molecule has 2 aromatic rings. The number of nitrogens with zero attached hydrogens (tertiary/aromatic N) is 2. The molecule has 0 aliphatic carbocycles. The maximum atomic E-state index is 12.8. The number of hydrogen-bond acceptors (Lipinski definition) is 4. The number of anilines is 1. The van der Waals surface area contributed by atoms with Crippen molar-refractivity contribution in [3.8, 4) is 6.07 Å². The first-order valence-corrected chi connectivity index (χ1v) is 8.75. The number of ketones is 1. The van der Waals surface area contributed by atoms with Gasteiger partial charge in [-0.15, -0.1) is 0 Å². The molecule has 2 rings (SSSR count). The van der Waals surface area contributed by atoms with Crippen LogP contribution in [0, 0.1) is 11.3 Å². The molecule has 0 radical (unpaired) electrons. The molecule has 27 heavy (non-hydrogen) atoms. The van der Waals surface area contributed by atoms with Crippen molar-refractivity contribution < 1.29 is 9.59 Å². The molecular formula is C22H23N3O2. The minimum absolute atomic E-state index is 0.0153. The minimum atomic E-state index is -0.329. The number of nitrogens with one attached hydrogen (secondary N) is 1. The van der Waals surface area contributed by atoms with E-state index in [1.54, 1.807) is 29.2 Å². The molecular weight excluding hydrogens is 338 g/mol. The molecule has 0 saturated heterocycles. The van der Waals surface area contributed by atoms with Crippen LogP contribution in [0.3, 0.4) is 0 Å². The maximum absolute atomic E-state index is 12.8. The fraction of sp³-hybridized carbons (Fsp3) is 0.227. The molecule has 5 nitrogen and oxygen atoms in total. The lowest BCUT2D eigenvalue weighted by atomic mass is 10.1. The van der Waals surface area contributed by atoms with Gasteiger partial charge in [-0.3, -0.25) is 9.59 Å². The molecule has 0 bridgehead atoms. The standard InChI is InChI=1S/C22H23N3O2/c1-16(2)25(15-18-7-5-4-6-8-18)22(27)20(13-23)14-24-21-11-9-19(10-12-21)17(3)26/h4-12,14,16,24H,15H2,1-3H3/b20-14-. The van der Waals surface area contributed by atoms with Gasteiger partial charge in [0.25, 0.3) is 5.91 Å². The summed E-state index contributed by atoms with van der Waals surface area (Å²) >= 11 is 0. The zero-order valence-corrected chi connectivity index (χ0v) is 15.8. The smallest absolute Gasteiger partial charge is 0.266 e. The molecule has 0 aliphatic heterocycles. The Morgan fingerprint density at radius 3 is 2.26 bits per heavy atom. The molecule has 0 fully saturated rings. The van der Waals surface area contributed by atoms with Gasteiger partial charge < -0.3 is 10.2 Å². The molecule has 5 heteroatoms. The van der Waals surface area contributed by atoms with Gasteiger partial charge in [0.15, 0.2) is 5.78 Å². The summed E-state index contributed by atoms with van der Waals surface area (Å²) < 4.78 is 0. The van der Waals surface area contributed by atoms with E-state index in [9.17, 15) is 14.9 Å². The zero-order chi connectivity index (χ0) is 19.8. The van der Waals surface area contributed by atoms with E-state index >= 15 is 0 Å². The third-order valence-electron chi connectivity index (χ3n) is 4.11. The van der Waals surface area contributed by atoms with Gasteiger partial charge in [-0.2, -0.15) is 5.26 Å². The van der Waals surface area contributed by atoms with Crippen LogP contribution in [0.4, 0.5) is 5.69 Å². The van der Waals surface area contributed by atoms with E-state index in [0.717, 1.165) is 5.56 Å². The van der Waals surface area contributed by atoms with Crippen molar-refractivity contribution >= 4 is 17.4 Å². The predicted molar refractivity (Wildman–Crippen MR) is 106 cm³/mol. The molecule has 0 aromatic heterocycles. The monoisotopic (exact) mass is 361 g/mol. The van der Waals surface area contributed by atoms with Crippen LogP contribution in [0.2, 0.25) is 0 Å². The zero-order valence-electron chi connectivity index (χ0n) is 15.8. The normalized spacial score (nSPS) is 11.0. The maximum Gasteiger partial charge on any atom is 0.266 e. The van der Waals surface area contributed by atoms with E-state index in [0.29, 0.717) is 17.8 Å². The molecule has 1 N–H and O–H groups in total. The summed E-state index contributed by atoms with van der Waals surface area (Å²) in [6.07, 6.45) is 1.41. The van der Waals surface area contributed by atoms with E-state index in [1.807, 2.05) is 50.2 Å². The Morgan fingerprint density at radius 2 is 1.74 bits per heavy atom. The van der Waals surface area contributed by atoms with Crippen molar-refractivity contribution in [1.29, 1.82) is 5.26 Å². The van der Waals surface area contributed by atoms with Crippen molar-refractivity contribution in [2.24, 2.45) is 0 Å². The summed E-state index contributed by atoms with van der Waals surface area (Å²) in [5, 5.41) is 12.4. The van der Waals surface area contributed by atoms with E-state index in [2.05, 4.69) is 5.32 Å². The van der Waals surface area contributed by atoms with Crippen LogP contribution in [0.25, 0.3) is 0 Å². The predicted octanol–water partition coefficient (Wildman–Crippen LogP) is 4.15. The Morgan fingerprint density at radius 1 is 1.11 bits per heavy atom. The van der Waals surface area contributed by atoms with Gasteiger partial charge in [0, 0.05) is 30.0 Å². The molecule has 0 unspecified atom stereocenters. The van der Waals surface area contributed by atoms with Gasteiger partial charge in [0.1, 0.15) is 11.6 Å². The Balaban J connectivity index is 2.15. The van der Waals surface area contributed by atoms with Gasteiger partial charge in [0.2, 0.25) is 0 Å². The average molecular weight is 361 g/mol. The second-order valence-electron chi connectivity index (χ2n) is 6.46. The Kier molecular flexibility index (Phi) is 6.90. The number of amides is 1.